The number of rotatable bonds is 9. The first kappa shape index (κ1) is 28.9. The number of allylic oxidation sites excluding steroid dienone is 1. The SMILES string of the molecule is COc1ccc(C=c2sc3n(c2=O)C(c2ccc(OCc4ccccc4)cc2)C(C(=O)OC(C)C)=C(C)N=3)cc1OC. The molecule has 0 N–H and O–H groups in total. The molecule has 0 fully saturated rings. The molecule has 0 saturated heterocycles. The zero-order valence-electron chi connectivity index (χ0n) is 24.1. The summed E-state index contributed by atoms with van der Waals surface area (Å²) in [7, 11) is 3.13. The molecule has 3 aromatic carbocycles. The van der Waals surface area contributed by atoms with E-state index in [4.69, 9.17) is 18.9 Å². The van der Waals surface area contributed by atoms with Gasteiger partial charge in [0.15, 0.2) is 16.3 Å². The van der Waals surface area contributed by atoms with E-state index in [9.17, 15) is 9.59 Å². The van der Waals surface area contributed by atoms with E-state index in [2.05, 4.69) is 4.99 Å². The van der Waals surface area contributed by atoms with Gasteiger partial charge in [-0.1, -0.05) is 59.9 Å². The number of esters is 1. The smallest absolute Gasteiger partial charge is 0.338 e. The van der Waals surface area contributed by atoms with Gasteiger partial charge in [0.05, 0.1) is 42.2 Å². The maximum absolute atomic E-state index is 13.9. The van der Waals surface area contributed by atoms with Crippen LogP contribution in [0.2, 0.25) is 0 Å². The molecular weight excluding hydrogens is 552 g/mol. The highest BCUT2D eigenvalue weighted by Gasteiger charge is 2.33. The lowest BCUT2D eigenvalue weighted by Crippen LogP contribution is -2.40. The Kier molecular flexibility index (Phi) is 8.59. The van der Waals surface area contributed by atoms with Gasteiger partial charge in [0.2, 0.25) is 0 Å². The van der Waals surface area contributed by atoms with Crippen LogP contribution in [-0.2, 0) is 16.1 Å². The Labute approximate surface area is 247 Å². The minimum Gasteiger partial charge on any atom is -0.493 e. The maximum Gasteiger partial charge on any atom is 0.338 e. The van der Waals surface area contributed by atoms with Crippen LogP contribution in [0.4, 0.5) is 0 Å². The molecule has 0 saturated carbocycles. The summed E-state index contributed by atoms with van der Waals surface area (Å²) in [5, 5.41) is 0. The van der Waals surface area contributed by atoms with Gasteiger partial charge >= 0.3 is 5.97 Å². The molecule has 9 heteroatoms. The van der Waals surface area contributed by atoms with Crippen LogP contribution in [0.1, 0.15) is 43.5 Å². The fourth-order valence-corrected chi connectivity index (χ4v) is 5.80. The van der Waals surface area contributed by atoms with Crippen LogP contribution < -0.4 is 29.1 Å². The summed E-state index contributed by atoms with van der Waals surface area (Å²) in [5.74, 6) is 1.32. The first-order chi connectivity index (χ1) is 20.3. The van der Waals surface area contributed by atoms with Gasteiger partial charge in [-0.3, -0.25) is 9.36 Å². The average Bonchev–Trinajstić information content (AvgIpc) is 3.29. The van der Waals surface area contributed by atoms with Gasteiger partial charge in [0, 0.05) is 0 Å². The van der Waals surface area contributed by atoms with E-state index in [1.54, 1.807) is 57.8 Å². The van der Waals surface area contributed by atoms with E-state index in [0.717, 1.165) is 16.7 Å². The van der Waals surface area contributed by atoms with Crippen molar-refractivity contribution in [3.8, 4) is 17.2 Å². The second-order valence-electron chi connectivity index (χ2n) is 9.99. The van der Waals surface area contributed by atoms with Gasteiger partial charge in [-0.05, 0) is 67.8 Å². The van der Waals surface area contributed by atoms with Crippen LogP contribution in [0.25, 0.3) is 6.08 Å². The zero-order chi connectivity index (χ0) is 29.8. The Hall–Kier alpha value is -4.63. The molecule has 216 valence electrons. The standard InChI is InChI=1S/C33H32N2O6S/c1-20(2)41-32(37)29-21(3)34-33-35(31(36)28(42-33)18-23-11-16-26(38-4)27(17-23)39-5)30(29)24-12-14-25(15-13-24)40-19-22-9-7-6-8-10-22/h6-18,20,30H,19H2,1-5H3. The Morgan fingerprint density at radius 3 is 2.38 bits per heavy atom. The lowest BCUT2D eigenvalue weighted by Gasteiger charge is -2.25. The summed E-state index contributed by atoms with van der Waals surface area (Å²) in [6.07, 6.45) is 1.45. The van der Waals surface area contributed by atoms with Crippen molar-refractivity contribution < 1.29 is 23.7 Å². The Morgan fingerprint density at radius 2 is 1.71 bits per heavy atom. The summed E-state index contributed by atoms with van der Waals surface area (Å²) in [5.41, 5.74) is 3.14. The molecular formula is C33H32N2O6S. The lowest BCUT2D eigenvalue weighted by atomic mass is 9.96. The van der Waals surface area contributed by atoms with Gasteiger partial charge in [0.25, 0.3) is 5.56 Å². The number of ether oxygens (including phenoxy) is 4. The number of fused-ring (bicyclic) bond motifs is 1. The molecule has 0 aliphatic carbocycles. The fourth-order valence-electron chi connectivity index (χ4n) is 4.76. The molecule has 0 bridgehead atoms. The number of methoxy groups -OCH3 is 2. The van der Waals surface area contributed by atoms with E-state index >= 15 is 0 Å². The molecule has 0 amide bonds. The molecule has 4 aromatic rings. The zero-order valence-corrected chi connectivity index (χ0v) is 24.9. The van der Waals surface area contributed by atoms with Crippen LogP contribution in [0.15, 0.2) is 93.9 Å². The molecule has 42 heavy (non-hydrogen) atoms. The number of thiazole rings is 1. The molecule has 1 aliphatic heterocycles. The molecule has 5 rings (SSSR count). The first-order valence-electron chi connectivity index (χ1n) is 13.5. The van der Waals surface area contributed by atoms with Gasteiger partial charge in [0.1, 0.15) is 12.4 Å². The van der Waals surface area contributed by atoms with Gasteiger partial charge in [-0.25, -0.2) is 9.79 Å². The number of benzene rings is 3. The number of aromatic nitrogens is 1. The third kappa shape index (κ3) is 6.01. The molecule has 0 radical (unpaired) electrons. The van der Waals surface area contributed by atoms with Gasteiger partial charge in [-0.15, -0.1) is 0 Å². The van der Waals surface area contributed by atoms with Crippen molar-refractivity contribution in [2.45, 2.75) is 39.5 Å². The summed E-state index contributed by atoms with van der Waals surface area (Å²) < 4.78 is 24.4. The molecule has 0 spiro atoms. The van der Waals surface area contributed by atoms with E-state index in [1.807, 2.05) is 60.7 Å². The molecule has 8 nitrogen and oxygen atoms in total. The van der Waals surface area contributed by atoms with Gasteiger partial charge < -0.3 is 18.9 Å². The third-order valence-electron chi connectivity index (χ3n) is 6.73. The van der Waals surface area contributed by atoms with Crippen molar-refractivity contribution in [3.63, 3.8) is 0 Å². The van der Waals surface area contributed by atoms with Crippen LogP contribution >= 0.6 is 11.3 Å². The van der Waals surface area contributed by atoms with E-state index < -0.39 is 12.0 Å². The predicted molar refractivity (Wildman–Crippen MR) is 162 cm³/mol. The first-order valence-corrected chi connectivity index (χ1v) is 14.3. The van der Waals surface area contributed by atoms with E-state index in [1.165, 1.54) is 11.3 Å². The summed E-state index contributed by atoms with van der Waals surface area (Å²) in [4.78, 5) is 32.5. The van der Waals surface area contributed by atoms with Gasteiger partial charge in [-0.2, -0.15) is 0 Å². The van der Waals surface area contributed by atoms with Crippen LogP contribution in [-0.4, -0.2) is 30.9 Å². The number of carbonyl (C=O) groups is 1. The van der Waals surface area contributed by atoms with E-state index in [0.29, 0.717) is 44.5 Å². The Morgan fingerprint density at radius 1 is 1.00 bits per heavy atom. The van der Waals surface area contributed by atoms with Crippen LogP contribution in [0.3, 0.4) is 0 Å². The minimum atomic E-state index is -0.719. The quantitative estimate of drug-likeness (QED) is 0.263. The van der Waals surface area contributed by atoms with Crippen molar-refractivity contribution in [1.29, 1.82) is 0 Å². The summed E-state index contributed by atoms with van der Waals surface area (Å²) in [6.45, 7) is 5.78. The highest BCUT2D eigenvalue weighted by molar-refractivity contribution is 7.07. The van der Waals surface area contributed by atoms with Crippen LogP contribution in [0.5, 0.6) is 17.2 Å². The average molecular weight is 585 g/mol. The number of hydrogen-bond donors (Lipinski definition) is 0. The predicted octanol–water partition coefficient (Wildman–Crippen LogP) is 4.78. The fraction of sp³-hybridized carbons (Fsp3) is 0.242. The molecule has 1 unspecified atom stereocenters. The Bertz CT molecular complexity index is 1800. The molecule has 2 heterocycles. The van der Waals surface area contributed by atoms with Crippen molar-refractivity contribution in [2.75, 3.05) is 14.2 Å². The second-order valence-corrected chi connectivity index (χ2v) is 11.0. The maximum atomic E-state index is 13.9. The van der Waals surface area contributed by atoms with Crippen molar-refractivity contribution in [3.05, 3.63) is 120 Å². The molecule has 1 aromatic heterocycles. The Balaban J connectivity index is 1.57. The summed E-state index contributed by atoms with van der Waals surface area (Å²) >= 11 is 1.26. The lowest BCUT2D eigenvalue weighted by molar-refractivity contribution is -0.143. The molecule has 1 aliphatic rings. The van der Waals surface area contributed by atoms with E-state index in [-0.39, 0.29) is 11.7 Å². The monoisotopic (exact) mass is 584 g/mol. The van der Waals surface area contributed by atoms with Crippen LogP contribution in [0, 0.1) is 0 Å². The molecule has 1 atom stereocenters. The number of carbonyl (C=O) groups excluding carboxylic acids is 1. The number of hydrogen-bond acceptors (Lipinski definition) is 8. The minimum absolute atomic E-state index is 0.259. The number of nitrogens with zero attached hydrogens (tertiary/aromatic N) is 2. The topological polar surface area (TPSA) is 88.4 Å². The third-order valence-corrected chi connectivity index (χ3v) is 7.72. The highest BCUT2D eigenvalue weighted by atomic mass is 32.1. The van der Waals surface area contributed by atoms with Crippen molar-refractivity contribution >= 4 is 23.4 Å². The largest absolute Gasteiger partial charge is 0.493 e. The highest BCUT2D eigenvalue weighted by Crippen LogP contribution is 2.32. The van der Waals surface area contributed by atoms with Crippen molar-refractivity contribution in [1.82, 2.24) is 4.57 Å². The van der Waals surface area contributed by atoms with Crippen molar-refractivity contribution in [2.24, 2.45) is 4.99 Å². The second kappa shape index (κ2) is 12.5. The normalized spacial score (nSPS) is 14.8. The summed E-state index contributed by atoms with van der Waals surface area (Å²) in [6, 6.07) is 22.1.